The molecule has 182 valence electrons. The molecular weight excluding hydrogens is 452 g/mol. The summed E-state index contributed by atoms with van der Waals surface area (Å²) in [5.41, 5.74) is 0.965. The lowest BCUT2D eigenvalue weighted by atomic mass is 9.75. The van der Waals surface area contributed by atoms with Crippen LogP contribution < -0.4 is 5.32 Å². The number of benzene rings is 1. The molecule has 0 amide bonds. The quantitative estimate of drug-likeness (QED) is 0.513. The van der Waals surface area contributed by atoms with Crippen molar-refractivity contribution in [3.8, 4) is 6.07 Å². The first-order valence-electron chi connectivity index (χ1n) is 11.5. The van der Waals surface area contributed by atoms with Gasteiger partial charge in [0.05, 0.1) is 31.7 Å². The number of aliphatic hydroxyl groups is 1. The fraction of sp³-hybridized carbons (Fsp3) is 0.440. The summed E-state index contributed by atoms with van der Waals surface area (Å²) in [5.74, 6) is -2.78. The number of nitriles is 1. The number of para-hydroxylation sites is 1. The van der Waals surface area contributed by atoms with Crippen LogP contribution in [-0.4, -0.2) is 88.5 Å². The van der Waals surface area contributed by atoms with E-state index in [1.165, 1.54) is 7.11 Å². The molecule has 35 heavy (non-hydrogen) atoms. The van der Waals surface area contributed by atoms with Crippen molar-refractivity contribution in [1.29, 1.82) is 5.26 Å². The maximum absolute atomic E-state index is 13.8. The van der Waals surface area contributed by atoms with Gasteiger partial charge in [-0.25, -0.2) is 0 Å². The number of carbonyl (C=O) groups excluding carboxylic acids is 2. The molecule has 2 fully saturated rings. The molecule has 2 saturated heterocycles. The average Bonchev–Trinajstić information content (AvgIpc) is 3.11. The topological polar surface area (TPSA) is 143 Å². The molecule has 1 aromatic carbocycles. The lowest BCUT2D eigenvalue weighted by Crippen LogP contribution is -2.69. The molecule has 1 aromatic rings. The van der Waals surface area contributed by atoms with Crippen molar-refractivity contribution in [1.82, 2.24) is 9.80 Å². The second-order valence-electron chi connectivity index (χ2n) is 9.34. The minimum atomic E-state index is -0.956. The van der Waals surface area contributed by atoms with Crippen molar-refractivity contribution < 1.29 is 29.3 Å². The zero-order valence-corrected chi connectivity index (χ0v) is 19.3. The van der Waals surface area contributed by atoms with E-state index < -0.39 is 54.2 Å². The second kappa shape index (κ2) is 8.61. The maximum atomic E-state index is 13.8. The standard InChI is InChI=1S/C25H26N4O6/c1-28-15-9-14(25(33)34)21(28)16-8-13-19(18(11-30)29(16)17(15)10-26)23(32)24(35-2)20(22(13)31)27-12-6-4-3-5-7-12/h3-7,14-18,21,27,30H,8-9,11H2,1-2H3,(H,33,34)/t14-,15+,16+,17?,18+,21-/m1/s1. The number of allylic oxidation sites excluding steroid dienone is 2. The predicted molar refractivity (Wildman–Crippen MR) is 123 cm³/mol. The molecule has 1 aliphatic carbocycles. The van der Waals surface area contributed by atoms with Crippen molar-refractivity contribution in [2.45, 2.75) is 43.1 Å². The summed E-state index contributed by atoms with van der Waals surface area (Å²) >= 11 is 0. The SMILES string of the molecule is COC1=C(Nc2ccccc2)C(=O)C2=C(C1=O)[C@H](CO)N1C(C#N)[C@@H]3C[C@@H](C(=O)O)[C@H]([C@@H]1C2)N3C. The van der Waals surface area contributed by atoms with Crippen LogP contribution in [0.4, 0.5) is 5.69 Å². The number of aliphatic hydroxyl groups excluding tert-OH is 1. The van der Waals surface area contributed by atoms with Gasteiger partial charge in [0.25, 0.3) is 0 Å². The summed E-state index contributed by atoms with van der Waals surface area (Å²) in [4.78, 5) is 43.2. The van der Waals surface area contributed by atoms with Crippen LogP contribution in [0.5, 0.6) is 0 Å². The number of nitrogens with zero attached hydrogens (tertiary/aromatic N) is 3. The summed E-state index contributed by atoms with van der Waals surface area (Å²) in [6.45, 7) is -0.494. The number of likely N-dealkylation sites (N-methyl/N-ethyl adjacent to an activating group) is 1. The molecule has 6 atom stereocenters. The van der Waals surface area contributed by atoms with Gasteiger partial charge in [0.15, 0.2) is 5.76 Å². The third-order valence-corrected chi connectivity index (χ3v) is 7.84. The van der Waals surface area contributed by atoms with Crippen LogP contribution in [0.25, 0.3) is 0 Å². The first-order valence-corrected chi connectivity index (χ1v) is 11.5. The molecule has 5 rings (SSSR count). The minimum Gasteiger partial charge on any atom is -0.491 e. The van der Waals surface area contributed by atoms with E-state index in [4.69, 9.17) is 4.74 Å². The van der Waals surface area contributed by atoms with Crippen LogP contribution in [0.2, 0.25) is 0 Å². The zero-order valence-electron chi connectivity index (χ0n) is 19.3. The first-order chi connectivity index (χ1) is 16.8. The Hall–Kier alpha value is -3.52. The highest BCUT2D eigenvalue weighted by atomic mass is 16.5. The number of carbonyl (C=O) groups is 3. The van der Waals surface area contributed by atoms with Gasteiger partial charge in [0, 0.05) is 35.0 Å². The van der Waals surface area contributed by atoms with E-state index in [2.05, 4.69) is 11.4 Å². The third-order valence-electron chi connectivity index (χ3n) is 7.84. The Labute approximate surface area is 202 Å². The van der Waals surface area contributed by atoms with Gasteiger partial charge in [-0.15, -0.1) is 0 Å². The van der Waals surface area contributed by atoms with Gasteiger partial charge in [-0.05, 0) is 32.0 Å². The van der Waals surface area contributed by atoms with E-state index in [9.17, 15) is 29.9 Å². The largest absolute Gasteiger partial charge is 0.491 e. The lowest BCUT2D eigenvalue weighted by molar-refractivity contribution is -0.144. The highest BCUT2D eigenvalue weighted by molar-refractivity contribution is 6.26. The Morgan fingerprint density at radius 2 is 1.94 bits per heavy atom. The Kier molecular flexibility index (Phi) is 5.71. The van der Waals surface area contributed by atoms with Crippen LogP contribution in [0.3, 0.4) is 0 Å². The number of methoxy groups -OCH3 is 1. The smallest absolute Gasteiger partial charge is 0.308 e. The molecule has 10 heteroatoms. The van der Waals surface area contributed by atoms with E-state index in [-0.39, 0.29) is 41.5 Å². The molecule has 0 radical (unpaired) electrons. The summed E-state index contributed by atoms with van der Waals surface area (Å²) in [6.07, 6.45) is 0.381. The highest BCUT2D eigenvalue weighted by Gasteiger charge is 2.61. The number of hydrogen-bond donors (Lipinski definition) is 3. The van der Waals surface area contributed by atoms with Crippen molar-refractivity contribution in [2.75, 3.05) is 26.1 Å². The minimum absolute atomic E-state index is 0.00710. The third kappa shape index (κ3) is 3.31. The number of aliphatic carboxylic acids is 1. The van der Waals surface area contributed by atoms with E-state index in [0.29, 0.717) is 5.69 Å². The van der Waals surface area contributed by atoms with Gasteiger partial charge in [-0.2, -0.15) is 5.26 Å². The first kappa shape index (κ1) is 23.2. The molecule has 3 N–H and O–H groups in total. The van der Waals surface area contributed by atoms with Crippen LogP contribution in [0.15, 0.2) is 52.9 Å². The number of anilines is 1. The van der Waals surface area contributed by atoms with Crippen LogP contribution in [-0.2, 0) is 19.1 Å². The summed E-state index contributed by atoms with van der Waals surface area (Å²) in [7, 11) is 3.11. The van der Waals surface area contributed by atoms with E-state index in [1.54, 1.807) is 36.2 Å². The van der Waals surface area contributed by atoms with Crippen LogP contribution in [0.1, 0.15) is 12.8 Å². The number of hydrogen-bond acceptors (Lipinski definition) is 9. The molecule has 10 nitrogen and oxygen atoms in total. The van der Waals surface area contributed by atoms with Gasteiger partial charge < -0.3 is 20.3 Å². The predicted octanol–water partition coefficient (Wildman–Crippen LogP) is 0.519. The summed E-state index contributed by atoms with van der Waals surface area (Å²) < 4.78 is 5.37. The lowest BCUT2D eigenvalue weighted by Gasteiger charge is -2.54. The second-order valence-corrected chi connectivity index (χ2v) is 9.34. The molecule has 4 aliphatic rings. The normalized spacial score (nSPS) is 32.7. The Balaban J connectivity index is 1.61. The number of rotatable bonds is 5. The van der Waals surface area contributed by atoms with Crippen molar-refractivity contribution in [3.05, 3.63) is 52.9 Å². The molecule has 0 saturated carbocycles. The molecule has 1 unspecified atom stereocenters. The van der Waals surface area contributed by atoms with Gasteiger partial charge in [-0.1, -0.05) is 18.2 Å². The molecule has 0 spiro atoms. The van der Waals surface area contributed by atoms with Gasteiger partial charge in [-0.3, -0.25) is 24.2 Å². The van der Waals surface area contributed by atoms with Crippen LogP contribution in [0, 0.1) is 17.2 Å². The molecule has 3 heterocycles. The molecule has 0 aromatic heterocycles. The van der Waals surface area contributed by atoms with Gasteiger partial charge >= 0.3 is 5.97 Å². The number of carboxylic acid groups (broad SMARTS) is 1. The number of ether oxygens (including phenoxy) is 1. The molecule has 2 bridgehead atoms. The van der Waals surface area contributed by atoms with E-state index in [0.717, 1.165) is 0 Å². The van der Waals surface area contributed by atoms with Crippen molar-refractivity contribution in [3.63, 3.8) is 0 Å². The molecular formula is C25H26N4O6. The fourth-order valence-corrected chi connectivity index (χ4v) is 6.42. The fourth-order valence-electron chi connectivity index (χ4n) is 6.42. The van der Waals surface area contributed by atoms with Gasteiger partial charge in [0.1, 0.15) is 11.7 Å². The average molecular weight is 479 g/mol. The summed E-state index contributed by atoms with van der Waals surface area (Å²) in [5, 5.41) is 33.4. The Morgan fingerprint density at radius 3 is 2.54 bits per heavy atom. The number of fused-ring (bicyclic) bond motifs is 4. The van der Waals surface area contributed by atoms with E-state index in [1.807, 2.05) is 11.0 Å². The number of carboxylic acids is 1. The highest BCUT2D eigenvalue weighted by Crippen LogP contribution is 2.48. The Bertz CT molecular complexity index is 1200. The number of nitrogens with one attached hydrogen (secondary N) is 1. The molecule has 3 aliphatic heterocycles. The summed E-state index contributed by atoms with van der Waals surface area (Å²) in [6, 6.07) is 8.18. The number of ketones is 2. The van der Waals surface area contributed by atoms with Gasteiger partial charge in [0.2, 0.25) is 11.6 Å². The Morgan fingerprint density at radius 1 is 1.23 bits per heavy atom. The van der Waals surface area contributed by atoms with Crippen molar-refractivity contribution >= 4 is 23.2 Å². The zero-order chi connectivity index (χ0) is 25.0. The van der Waals surface area contributed by atoms with Crippen LogP contribution >= 0.6 is 0 Å². The monoisotopic (exact) mass is 478 g/mol. The van der Waals surface area contributed by atoms with E-state index >= 15 is 0 Å². The number of Topliss-reactive ketones (excluding diaryl/α,β-unsaturated/α-hetero) is 2. The number of piperazine rings is 1. The maximum Gasteiger partial charge on any atom is 0.308 e. The van der Waals surface area contributed by atoms with Crippen molar-refractivity contribution in [2.24, 2.45) is 5.92 Å².